The average molecular weight is 415 g/mol. The summed E-state index contributed by atoms with van der Waals surface area (Å²) in [6.07, 6.45) is 4.55. The minimum absolute atomic E-state index is 0.204. The topological polar surface area (TPSA) is 109 Å². The van der Waals surface area contributed by atoms with Crippen LogP contribution in [0.2, 0.25) is 0 Å². The van der Waals surface area contributed by atoms with Crippen LogP contribution in [0.3, 0.4) is 0 Å². The van der Waals surface area contributed by atoms with Gasteiger partial charge >= 0.3 is 5.97 Å². The summed E-state index contributed by atoms with van der Waals surface area (Å²) in [5, 5.41) is 9.63. The number of nitrogens with zero attached hydrogens (tertiary/aromatic N) is 2. The van der Waals surface area contributed by atoms with Crippen molar-refractivity contribution in [1.29, 1.82) is 0 Å². The molecule has 10 heteroatoms. The molecule has 0 aliphatic carbocycles. The van der Waals surface area contributed by atoms with Crippen LogP contribution in [0.1, 0.15) is 15.9 Å². The van der Waals surface area contributed by atoms with E-state index >= 15 is 0 Å². The second kappa shape index (κ2) is 8.63. The third-order valence-electron chi connectivity index (χ3n) is 3.47. The molecule has 28 heavy (non-hydrogen) atoms. The second-order valence-corrected chi connectivity index (χ2v) is 7.13. The molecule has 0 saturated carbocycles. The summed E-state index contributed by atoms with van der Waals surface area (Å²) in [5.74, 6) is -1.61. The smallest absolute Gasteiger partial charge is 0.341 e. The van der Waals surface area contributed by atoms with Gasteiger partial charge in [-0.15, -0.1) is 0 Å². The quantitative estimate of drug-likeness (QED) is 0.545. The molecule has 1 saturated heterocycles. The minimum Gasteiger partial charge on any atom is -0.482 e. The number of thiocarbonyl (C=S) groups is 1. The highest BCUT2D eigenvalue weighted by Crippen LogP contribution is 2.31. The van der Waals surface area contributed by atoms with Gasteiger partial charge in [-0.1, -0.05) is 23.9 Å². The van der Waals surface area contributed by atoms with Crippen molar-refractivity contribution in [2.45, 2.75) is 0 Å². The number of nitrogens with one attached hydrogen (secondary N) is 1. The van der Waals surface area contributed by atoms with Gasteiger partial charge in [0.15, 0.2) is 10.9 Å². The SMILES string of the molecule is O=C(O)COc1ccc(/C=C2/SC(=S)N(NC(=O)c3cccnc3)C2=O)cc1. The molecule has 3 rings (SSSR count). The van der Waals surface area contributed by atoms with E-state index < -0.39 is 24.4 Å². The molecule has 2 amide bonds. The largest absolute Gasteiger partial charge is 0.482 e. The maximum absolute atomic E-state index is 12.6. The summed E-state index contributed by atoms with van der Waals surface area (Å²) in [7, 11) is 0. The van der Waals surface area contributed by atoms with E-state index in [1.165, 1.54) is 12.4 Å². The number of amides is 2. The van der Waals surface area contributed by atoms with E-state index in [0.29, 0.717) is 21.8 Å². The van der Waals surface area contributed by atoms with E-state index in [1.807, 2.05) is 0 Å². The Kier molecular flexibility index (Phi) is 6.02. The lowest BCUT2D eigenvalue weighted by Gasteiger charge is -2.15. The molecule has 0 unspecified atom stereocenters. The highest BCUT2D eigenvalue weighted by Gasteiger charge is 2.33. The number of rotatable bonds is 6. The molecule has 142 valence electrons. The van der Waals surface area contributed by atoms with Gasteiger partial charge in [0.1, 0.15) is 5.75 Å². The zero-order chi connectivity index (χ0) is 20.1. The Bertz CT molecular complexity index is 961. The van der Waals surface area contributed by atoms with Crippen LogP contribution in [0, 0.1) is 0 Å². The number of ether oxygens (including phenoxy) is 1. The molecule has 1 fully saturated rings. The third-order valence-corrected chi connectivity index (χ3v) is 4.77. The highest BCUT2D eigenvalue weighted by atomic mass is 32.2. The zero-order valence-corrected chi connectivity index (χ0v) is 15.8. The first-order chi connectivity index (χ1) is 13.4. The highest BCUT2D eigenvalue weighted by molar-refractivity contribution is 8.26. The van der Waals surface area contributed by atoms with Crippen LogP contribution in [0.5, 0.6) is 5.75 Å². The van der Waals surface area contributed by atoms with Gasteiger partial charge in [0.05, 0.1) is 10.5 Å². The maximum atomic E-state index is 12.6. The first kappa shape index (κ1) is 19.5. The van der Waals surface area contributed by atoms with Crippen molar-refractivity contribution in [1.82, 2.24) is 15.4 Å². The van der Waals surface area contributed by atoms with Crippen LogP contribution >= 0.6 is 24.0 Å². The van der Waals surface area contributed by atoms with Crippen molar-refractivity contribution >= 4 is 52.2 Å². The van der Waals surface area contributed by atoms with Crippen LogP contribution in [0.25, 0.3) is 6.08 Å². The standard InChI is InChI=1S/C18H13N3O5S2/c22-15(23)10-26-13-5-3-11(4-6-13)8-14-17(25)21(18(27)28-14)20-16(24)12-2-1-7-19-9-12/h1-9H,10H2,(H,20,24)(H,22,23)/b14-8+. The molecule has 0 bridgehead atoms. The number of carbonyl (C=O) groups is 3. The van der Waals surface area contributed by atoms with Crippen LogP contribution in [0.15, 0.2) is 53.7 Å². The number of hydrogen-bond donors (Lipinski definition) is 2. The van der Waals surface area contributed by atoms with E-state index in [9.17, 15) is 14.4 Å². The number of aromatic nitrogens is 1. The van der Waals surface area contributed by atoms with Gasteiger partial charge in [-0.3, -0.25) is 20.0 Å². The Morgan fingerprint density at radius 3 is 2.68 bits per heavy atom. The molecule has 0 atom stereocenters. The van der Waals surface area contributed by atoms with Crippen LogP contribution < -0.4 is 10.2 Å². The Labute approximate surface area is 169 Å². The van der Waals surface area contributed by atoms with Crippen molar-refractivity contribution in [3.05, 3.63) is 64.8 Å². The van der Waals surface area contributed by atoms with E-state index in [0.717, 1.165) is 16.8 Å². The fourth-order valence-corrected chi connectivity index (χ4v) is 3.36. The zero-order valence-electron chi connectivity index (χ0n) is 14.2. The van der Waals surface area contributed by atoms with Gasteiger partial charge in [0.2, 0.25) is 0 Å². The molecular formula is C18H13N3O5S2. The Balaban J connectivity index is 1.68. The van der Waals surface area contributed by atoms with Crippen LogP contribution in [-0.4, -0.2) is 43.8 Å². The number of hydrazine groups is 1. The van der Waals surface area contributed by atoms with Gasteiger partial charge in [0, 0.05) is 12.4 Å². The van der Waals surface area contributed by atoms with Crippen LogP contribution in [0.4, 0.5) is 0 Å². The second-order valence-electron chi connectivity index (χ2n) is 5.45. The summed E-state index contributed by atoms with van der Waals surface area (Å²) < 4.78 is 5.26. The summed E-state index contributed by atoms with van der Waals surface area (Å²) in [5.41, 5.74) is 3.47. The normalized spacial score (nSPS) is 15.0. The molecule has 2 aromatic rings. The maximum Gasteiger partial charge on any atom is 0.341 e. The number of pyridine rings is 1. The molecule has 2 heterocycles. The van der Waals surface area contributed by atoms with E-state index in [4.69, 9.17) is 22.1 Å². The number of carboxylic acids is 1. The minimum atomic E-state index is -1.07. The Morgan fingerprint density at radius 2 is 2.04 bits per heavy atom. The summed E-state index contributed by atoms with van der Waals surface area (Å²) in [6, 6.07) is 9.74. The number of aliphatic carboxylic acids is 1. The lowest BCUT2D eigenvalue weighted by atomic mass is 10.2. The molecule has 0 spiro atoms. The lowest BCUT2D eigenvalue weighted by molar-refractivity contribution is -0.139. The van der Waals surface area contributed by atoms with Crippen molar-refractivity contribution in [3.63, 3.8) is 0 Å². The predicted molar refractivity (Wildman–Crippen MR) is 106 cm³/mol. The van der Waals surface area contributed by atoms with Gasteiger partial charge in [-0.2, -0.15) is 5.01 Å². The molecule has 0 radical (unpaired) electrons. The van der Waals surface area contributed by atoms with Gasteiger partial charge < -0.3 is 9.84 Å². The number of thioether (sulfide) groups is 1. The molecular weight excluding hydrogens is 402 g/mol. The third kappa shape index (κ3) is 4.72. The van der Waals surface area contributed by atoms with Crippen molar-refractivity contribution in [2.75, 3.05) is 6.61 Å². The molecule has 8 nitrogen and oxygen atoms in total. The summed E-state index contributed by atoms with van der Waals surface area (Å²) >= 11 is 6.24. The average Bonchev–Trinajstić information content (AvgIpc) is 2.95. The lowest BCUT2D eigenvalue weighted by Crippen LogP contribution is -2.44. The van der Waals surface area contributed by atoms with E-state index in [-0.39, 0.29) is 4.32 Å². The molecule has 1 aliphatic heterocycles. The number of carboxylic acid groups (broad SMARTS) is 1. The van der Waals surface area contributed by atoms with E-state index in [2.05, 4.69) is 10.4 Å². The first-order valence-electron chi connectivity index (χ1n) is 7.87. The number of hydrogen-bond acceptors (Lipinski definition) is 7. The molecule has 1 aromatic heterocycles. The van der Waals surface area contributed by atoms with Gasteiger partial charge in [-0.25, -0.2) is 4.79 Å². The predicted octanol–water partition coefficient (Wildman–Crippen LogP) is 2.09. The Morgan fingerprint density at radius 1 is 1.29 bits per heavy atom. The van der Waals surface area contributed by atoms with Crippen molar-refractivity contribution in [2.24, 2.45) is 0 Å². The summed E-state index contributed by atoms with van der Waals surface area (Å²) in [4.78, 5) is 39.5. The van der Waals surface area contributed by atoms with Gasteiger partial charge in [0.25, 0.3) is 11.8 Å². The molecule has 1 aromatic carbocycles. The number of benzene rings is 1. The summed E-state index contributed by atoms with van der Waals surface area (Å²) in [6.45, 7) is -0.436. The monoisotopic (exact) mass is 415 g/mol. The van der Waals surface area contributed by atoms with Crippen LogP contribution in [-0.2, 0) is 9.59 Å². The van der Waals surface area contributed by atoms with Crippen molar-refractivity contribution in [3.8, 4) is 5.75 Å². The van der Waals surface area contributed by atoms with E-state index in [1.54, 1.807) is 42.5 Å². The first-order valence-corrected chi connectivity index (χ1v) is 9.10. The molecule has 2 N–H and O–H groups in total. The van der Waals surface area contributed by atoms with Gasteiger partial charge in [-0.05, 0) is 48.1 Å². The fourth-order valence-electron chi connectivity index (χ4n) is 2.18. The molecule has 1 aliphatic rings. The number of carbonyl (C=O) groups excluding carboxylic acids is 2. The van der Waals surface area contributed by atoms with Crippen molar-refractivity contribution < 1.29 is 24.2 Å². The Hall–Kier alpha value is -3.24. The fraction of sp³-hybridized carbons (Fsp3) is 0.0556.